The summed E-state index contributed by atoms with van der Waals surface area (Å²) in [6.45, 7) is 1.56. The standard InChI is InChI=1S/C14H17N5O4/c1-8-13(20)16-14(19-17-8)18-15-7-9-5-6-10(21-2)12(23-4)11(9)22-3/h5-7H,1-4H3,(H2,16,18,19,20)/b15-7-. The minimum absolute atomic E-state index is 0.135. The molecule has 2 aromatic rings. The fourth-order valence-corrected chi connectivity index (χ4v) is 1.83. The number of anilines is 1. The molecule has 0 aliphatic rings. The van der Waals surface area contributed by atoms with Gasteiger partial charge in [0.05, 0.1) is 27.5 Å². The van der Waals surface area contributed by atoms with Crippen LogP contribution in [0.4, 0.5) is 5.95 Å². The third-order valence-corrected chi connectivity index (χ3v) is 2.97. The number of hydrazone groups is 1. The highest BCUT2D eigenvalue weighted by Crippen LogP contribution is 2.38. The van der Waals surface area contributed by atoms with Crippen molar-refractivity contribution in [3.05, 3.63) is 33.7 Å². The fraction of sp³-hybridized carbons (Fsp3) is 0.286. The van der Waals surface area contributed by atoms with E-state index in [9.17, 15) is 4.79 Å². The van der Waals surface area contributed by atoms with Gasteiger partial charge in [-0.05, 0) is 19.1 Å². The van der Waals surface area contributed by atoms with Gasteiger partial charge in [0.15, 0.2) is 11.5 Å². The predicted octanol–water partition coefficient (Wildman–Crippen LogP) is 0.945. The van der Waals surface area contributed by atoms with E-state index in [1.807, 2.05) is 0 Å². The molecule has 122 valence electrons. The van der Waals surface area contributed by atoms with Gasteiger partial charge in [0.25, 0.3) is 5.56 Å². The molecule has 1 heterocycles. The van der Waals surface area contributed by atoms with Crippen molar-refractivity contribution in [1.82, 2.24) is 15.2 Å². The molecule has 2 rings (SSSR count). The molecule has 0 amide bonds. The van der Waals surface area contributed by atoms with Gasteiger partial charge in [-0.2, -0.15) is 5.10 Å². The Bertz CT molecular complexity index is 772. The number of methoxy groups -OCH3 is 3. The maximum absolute atomic E-state index is 11.4. The zero-order chi connectivity index (χ0) is 16.8. The summed E-state index contributed by atoms with van der Waals surface area (Å²) in [6.07, 6.45) is 1.50. The molecule has 0 saturated heterocycles. The first kappa shape index (κ1) is 16.3. The minimum Gasteiger partial charge on any atom is -0.493 e. The second kappa shape index (κ2) is 7.25. The number of nitrogens with zero attached hydrogens (tertiary/aromatic N) is 3. The monoisotopic (exact) mass is 319 g/mol. The highest BCUT2D eigenvalue weighted by atomic mass is 16.5. The van der Waals surface area contributed by atoms with E-state index in [1.54, 1.807) is 26.2 Å². The van der Waals surface area contributed by atoms with Crippen LogP contribution in [0.25, 0.3) is 0 Å². The first-order valence-electron chi connectivity index (χ1n) is 6.62. The molecule has 0 saturated carbocycles. The second-order valence-corrected chi connectivity index (χ2v) is 4.38. The van der Waals surface area contributed by atoms with Crippen molar-refractivity contribution < 1.29 is 14.2 Å². The minimum atomic E-state index is -0.332. The molecule has 23 heavy (non-hydrogen) atoms. The lowest BCUT2D eigenvalue weighted by Gasteiger charge is -2.13. The Hall–Kier alpha value is -3.10. The molecule has 0 unspecified atom stereocenters. The molecule has 0 bridgehead atoms. The lowest BCUT2D eigenvalue weighted by Crippen LogP contribution is -2.15. The molecule has 9 heteroatoms. The number of nitrogens with one attached hydrogen (secondary N) is 2. The molecule has 0 radical (unpaired) electrons. The maximum Gasteiger partial charge on any atom is 0.274 e. The average Bonchev–Trinajstić information content (AvgIpc) is 2.57. The molecule has 0 aliphatic heterocycles. The third kappa shape index (κ3) is 3.57. The first-order chi connectivity index (χ1) is 11.1. The third-order valence-electron chi connectivity index (χ3n) is 2.97. The summed E-state index contributed by atoms with van der Waals surface area (Å²) in [4.78, 5) is 13.9. The maximum atomic E-state index is 11.4. The van der Waals surface area contributed by atoms with Crippen molar-refractivity contribution in [2.24, 2.45) is 5.10 Å². The van der Waals surface area contributed by atoms with E-state index in [-0.39, 0.29) is 17.2 Å². The van der Waals surface area contributed by atoms with Gasteiger partial charge in [-0.1, -0.05) is 0 Å². The lowest BCUT2D eigenvalue weighted by molar-refractivity contribution is 0.324. The molecule has 1 aromatic carbocycles. The largest absolute Gasteiger partial charge is 0.493 e. The van der Waals surface area contributed by atoms with E-state index < -0.39 is 0 Å². The van der Waals surface area contributed by atoms with Gasteiger partial charge in [0, 0.05) is 5.56 Å². The SMILES string of the molecule is COc1ccc(/C=N\Nc2nnc(C)c(=O)[nH]2)c(OC)c1OC. The molecular weight excluding hydrogens is 302 g/mol. The summed E-state index contributed by atoms with van der Waals surface area (Å²) in [5.41, 5.74) is 3.19. The lowest BCUT2D eigenvalue weighted by atomic mass is 10.2. The van der Waals surface area contributed by atoms with Crippen LogP contribution in [-0.2, 0) is 0 Å². The van der Waals surface area contributed by atoms with Crippen LogP contribution < -0.4 is 25.2 Å². The van der Waals surface area contributed by atoms with Crippen LogP contribution in [0.2, 0.25) is 0 Å². The Labute approximate surface area is 132 Å². The number of hydrogen-bond acceptors (Lipinski definition) is 8. The Balaban J connectivity index is 2.25. The Morgan fingerprint density at radius 2 is 1.87 bits per heavy atom. The summed E-state index contributed by atoms with van der Waals surface area (Å²) in [5, 5.41) is 11.5. The van der Waals surface area contributed by atoms with Gasteiger partial charge in [0.1, 0.15) is 5.69 Å². The smallest absolute Gasteiger partial charge is 0.274 e. The average molecular weight is 319 g/mol. The van der Waals surface area contributed by atoms with Crippen LogP contribution in [0, 0.1) is 6.92 Å². The van der Waals surface area contributed by atoms with Gasteiger partial charge in [-0.3, -0.25) is 9.78 Å². The molecule has 1 aromatic heterocycles. The van der Waals surface area contributed by atoms with Gasteiger partial charge in [-0.25, -0.2) is 5.43 Å². The summed E-state index contributed by atoms with van der Waals surface area (Å²) < 4.78 is 15.8. The van der Waals surface area contributed by atoms with E-state index in [2.05, 4.69) is 25.7 Å². The first-order valence-corrected chi connectivity index (χ1v) is 6.62. The molecule has 0 aliphatic carbocycles. The van der Waals surface area contributed by atoms with Crippen molar-refractivity contribution in [3.8, 4) is 17.2 Å². The fourth-order valence-electron chi connectivity index (χ4n) is 1.83. The number of H-pyrrole nitrogens is 1. The number of ether oxygens (including phenoxy) is 3. The summed E-state index contributed by atoms with van der Waals surface area (Å²) in [7, 11) is 4.58. The molecule has 9 nitrogen and oxygen atoms in total. The van der Waals surface area contributed by atoms with E-state index >= 15 is 0 Å². The normalized spacial score (nSPS) is 10.6. The molecule has 0 atom stereocenters. The number of aromatic amines is 1. The molecular formula is C14H17N5O4. The Kier molecular flexibility index (Phi) is 5.13. The van der Waals surface area contributed by atoms with Gasteiger partial charge in [0.2, 0.25) is 11.7 Å². The number of aryl methyl sites for hydroxylation is 1. The van der Waals surface area contributed by atoms with Crippen molar-refractivity contribution in [2.75, 3.05) is 26.8 Å². The van der Waals surface area contributed by atoms with Crippen LogP contribution in [0.15, 0.2) is 22.0 Å². The number of benzene rings is 1. The molecule has 0 spiro atoms. The predicted molar refractivity (Wildman–Crippen MR) is 84.7 cm³/mol. The number of aromatic nitrogens is 3. The molecule has 2 N–H and O–H groups in total. The van der Waals surface area contributed by atoms with Crippen LogP contribution in [0.3, 0.4) is 0 Å². The van der Waals surface area contributed by atoms with E-state index in [1.165, 1.54) is 20.4 Å². The van der Waals surface area contributed by atoms with Crippen molar-refractivity contribution >= 4 is 12.2 Å². The van der Waals surface area contributed by atoms with Gasteiger partial charge in [-0.15, -0.1) is 10.2 Å². The zero-order valence-corrected chi connectivity index (χ0v) is 13.2. The summed E-state index contributed by atoms with van der Waals surface area (Å²) in [6, 6.07) is 3.49. The van der Waals surface area contributed by atoms with Gasteiger partial charge >= 0.3 is 0 Å². The summed E-state index contributed by atoms with van der Waals surface area (Å²) in [5.74, 6) is 1.61. The zero-order valence-electron chi connectivity index (χ0n) is 13.2. The van der Waals surface area contributed by atoms with Crippen LogP contribution in [0.1, 0.15) is 11.3 Å². The van der Waals surface area contributed by atoms with Crippen molar-refractivity contribution in [3.63, 3.8) is 0 Å². The van der Waals surface area contributed by atoms with E-state index in [0.717, 1.165) is 0 Å². The Morgan fingerprint density at radius 3 is 2.48 bits per heavy atom. The van der Waals surface area contributed by atoms with E-state index in [4.69, 9.17) is 14.2 Å². The van der Waals surface area contributed by atoms with Crippen LogP contribution in [-0.4, -0.2) is 42.7 Å². The van der Waals surface area contributed by atoms with Crippen LogP contribution in [0.5, 0.6) is 17.2 Å². The second-order valence-electron chi connectivity index (χ2n) is 4.38. The van der Waals surface area contributed by atoms with Crippen LogP contribution >= 0.6 is 0 Å². The van der Waals surface area contributed by atoms with E-state index in [0.29, 0.717) is 22.8 Å². The summed E-state index contributed by atoms with van der Waals surface area (Å²) >= 11 is 0. The number of hydrogen-bond donors (Lipinski definition) is 2. The van der Waals surface area contributed by atoms with Crippen molar-refractivity contribution in [2.45, 2.75) is 6.92 Å². The van der Waals surface area contributed by atoms with Crippen molar-refractivity contribution in [1.29, 1.82) is 0 Å². The highest BCUT2D eigenvalue weighted by molar-refractivity contribution is 5.86. The highest BCUT2D eigenvalue weighted by Gasteiger charge is 2.14. The van der Waals surface area contributed by atoms with Gasteiger partial charge < -0.3 is 14.2 Å². The topological polar surface area (TPSA) is 111 Å². The molecule has 0 fully saturated rings. The quantitative estimate of drug-likeness (QED) is 0.602. The number of rotatable bonds is 6. The Morgan fingerprint density at radius 1 is 1.13 bits per heavy atom.